The van der Waals surface area contributed by atoms with Crippen LogP contribution in [0.2, 0.25) is 0 Å². The molecular weight excluding hydrogens is 411 g/mol. The standard InChI is InChI=1S/C21H19FN2O7/c1-28-19-11-14-16(12-20(19)30-9-3-4-21(25)29-2)23-8-7-17(14)31-18-6-5-13(24(26)27)10-15(18)22/h5-8,10-12H,3-4,9H2,1-2H3. The summed E-state index contributed by atoms with van der Waals surface area (Å²) in [6.07, 6.45) is 2.17. The van der Waals surface area contributed by atoms with Crippen molar-refractivity contribution >= 4 is 22.6 Å². The van der Waals surface area contributed by atoms with E-state index < -0.39 is 10.7 Å². The zero-order valence-corrected chi connectivity index (χ0v) is 16.8. The van der Waals surface area contributed by atoms with Gasteiger partial charge in [-0.1, -0.05) is 0 Å². The number of benzene rings is 2. The van der Waals surface area contributed by atoms with E-state index >= 15 is 0 Å². The van der Waals surface area contributed by atoms with Crippen LogP contribution in [0.4, 0.5) is 10.1 Å². The Kier molecular flexibility index (Phi) is 6.81. The van der Waals surface area contributed by atoms with E-state index in [-0.39, 0.29) is 36.2 Å². The maximum absolute atomic E-state index is 14.2. The minimum absolute atomic E-state index is 0.166. The lowest BCUT2D eigenvalue weighted by molar-refractivity contribution is -0.385. The quantitative estimate of drug-likeness (QED) is 0.212. The first-order chi connectivity index (χ1) is 14.9. The second kappa shape index (κ2) is 9.70. The Morgan fingerprint density at radius 1 is 1.10 bits per heavy atom. The number of nitro groups is 1. The number of carbonyl (C=O) groups is 1. The normalized spacial score (nSPS) is 10.5. The summed E-state index contributed by atoms with van der Waals surface area (Å²) in [5.41, 5.74) is 0.128. The van der Waals surface area contributed by atoms with Crippen LogP contribution in [0.3, 0.4) is 0 Å². The largest absolute Gasteiger partial charge is 0.493 e. The van der Waals surface area contributed by atoms with Crippen LogP contribution < -0.4 is 14.2 Å². The Morgan fingerprint density at radius 2 is 1.90 bits per heavy atom. The Labute approximate surface area is 176 Å². The average Bonchev–Trinajstić information content (AvgIpc) is 2.77. The fourth-order valence-corrected chi connectivity index (χ4v) is 2.79. The molecule has 0 saturated heterocycles. The van der Waals surface area contributed by atoms with E-state index in [1.54, 1.807) is 18.2 Å². The van der Waals surface area contributed by atoms with Crippen LogP contribution in [0.1, 0.15) is 12.8 Å². The summed E-state index contributed by atoms with van der Waals surface area (Å²) < 4.78 is 35.6. The molecule has 31 heavy (non-hydrogen) atoms. The summed E-state index contributed by atoms with van der Waals surface area (Å²) in [5, 5.41) is 11.3. The van der Waals surface area contributed by atoms with E-state index in [9.17, 15) is 19.3 Å². The van der Waals surface area contributed by atoms with E-state index in [2.05, 4.69) is 9.72 Å². The number of carbonyl (C=O) groups excluding carboxylic acids is 1. The van der Waals surface area contributed by atoms with Crippen LogP contribution in [-0.2, 0) is 9.53 Å². The van der Waals surface area contributed by atoms with Crippen molar-refractivity contribution in [2.75, 3.05) is 20.8 Å². The van der Waals surface area contributed by atoms with Crippen LogP contribution in [0.25, 0.3) is 10.9 Å². The first-order valence-electron chi connectivity index (χ1n) is 9.21. The number of fused-ring (bicyclic) bond motifs is 1. The highest BCUT2D eigenvalue weighted by atomic mass is 19.1. The van der Waals surface area contributed by atoms with Crippen molar-refractivity contribution in [2.24, 2.45) is 0 Å². The Hall–Kier alpha value is -3.95. The Balaban J connectivity index is 1.85. The number of esters is 1. The SMILES string of the molecule is COC(=O)CCCOc1cc2nccc(Oc3ccc([N+](=O)[O-])cc3F)c2cc1OC. The van der Waals surface area contributed by atoms with Crippen LogP contribution >= 0.6 is 0 Å². The van der Waals surface area contributed by atoms with Gasteiger partial charge in [-0.15, -0.1) is 0 Å². The molecule has 0 unspecified atom stereocenters. The van der Waals surface area contributed by atoms with E-state index in [0.717, 1.165) is 12.1 Å². The molecule has 0 aliphatic heterocycles. The summed E-state index contributed by atoms with van der Waals surface area (Å²) in [5.74, 6) is -0.250. The van der Waals surface area contributed by atoms with Crippen molar-refractivity contribution in [1.82, 2.24) is 4.98 Å². The molecule has 0 saturated carbocycles. The van der Waals surface area contributed by atoms with Crippen molar-refractivity contribution in [3.05, 3.63) is 58.5 Å². The molecule has 3 rings (SSSR count). The highest BCUT2D eigenvalue weighted by molar-refractivity contribution is 5.88. The number of hydrogen-bond donors (Lipinski definition) is 0. The van der Waals surface area contributed by atoms with Crippen LogP contribution in [0.5, 0.6) is 23.0 Å². The van der Waals surface area contributed by atoms with Crippen molar-refractivity contribution in [2.45, 2.75) is 12.8 Å². The molecule has 0 aliphatic carbocycles. The molecule has 0 spiro atoms. The van der Waals surface area contributed by atoms with Gasteiger partial charge in [0.2, 0.25) is 0 Å². The number of rotatable bonds is 9. The van der Waals surface area contributed by atoms with E-state index in [1.807, 2.05) is 0 Å². The molecule has 162 valence electrons. The third-order valence-electron chi connectivity index (χ3n) is 4.34. The first kappa shape index (κ1) is 21.8. The topological polar surface area (TPSA) is 110 Å². The number of aromatic nitrogens is 1. The van der Waals surface area contributed by atoms with E-state index in [1.165, 1.54) is 26.5 Å². The molecule has 0 N–H and O–H groups in total. The van der Waals surface area contributed by atoms with E-state index in [4.69, 9.17) is 14.2 Å². The van der Waals surface area contributed by atoms with Crippen molar-refractivity contribution in [3.8, 4) is 23.0 Å². The Morgan fingerprint density at radius 3 is 2.58 bits per heavy atom. The molecule has 9 nitrogen and oxygen atoms in total. The summed E-state index contributed by atoms with van der Waals surface area (Å²) in [6.45, 7) is 0.265. The molecule has 0 radical (unpaired) electrons. The number of methoxy groups -OCH3 is 2. The minimum Gasteiger partial charge on any atom is -0.493 e. The zero-order chi connectivity index (χ0) is 22.4. The number of nitro benzene ring substituents is 1. The summed E-state index contributed by atoms with van der Waals surface area (Å²) in [4.78, 5) is 25.6. The number of nitrogens with zero attached hydrogens (tertiary/aromatic N) is 2. The third kappa shape index (κ3) is 5.16. The molecule has 0 aliphatic rings. The molecule has 0 amide bonds. The van der Waals surface area contributed by atoms with Crippen molar-refractivity contribution in [3.63, 3.8) is 0 Å². The van der Waals surface area contributed by atoms with Crippen LogP contribution in [-0.4, -0.2) is 36.7 Å². The Bertz CT molecular complexity index is 1120. The highest BCUT2D eigenvalue weighted by Gasteiger charge is 2.16. The maximum atomic E-state index is 14.2. The van der Waals surface area contributed by atoms with Crippen molar-refractivity contribution in [1.29, 1.82) is 0 Å². The van der Waals surface area contributed by atoms with Gasteiger partial charge in [0.15, 0.2) is 23.1 Å². The minimum atomic E-state index is -0.864. The van der Waals surface area contributed by atoms with E-state index in [0.29, 0.717) is 28.8 Å². The maximum Gasteiger partial charge on any atom is 0.305 e. The van der Waals surface area contributed by atoms with Gasteiger partial charge in [0.1, 0.15) is 5.75 Å². The van der Waals surface area contributed by atoms with Crippen molar-refractivity contribution < 1.29 is 33.1 Å². The number of hydrogen-bond acceptors (Lipinski definition) is 8. The van der Waals surface area contributed by atoms with Gasteiger partial charge in [0.05, 0.1) is 37.3 Å². The van der Waals surface area contributed by atoms with Crippen LogP contribution in [0.15, 0.2) is 42.6 Å². The average molecular weight is 430 g/mol. The molecule has 0 fully saturated rings. The predicted molar refractivity (Wildman–Crippen MR) is 108 cm³/mol. The van der Waals surface area contributed by atoms with Gasteiger partial charge in [0, 0.05) is 30.1 Å². The summed E-state index contributed by atoms with van der Waals surface area (Å²) >= 11 is 0. The van der Waals surface area contributed by atoms with Gasteiger partial charge >= 0.3 is 5.97 Å². The third-order valence-corrected chi connectivity index (χ3v) is 4.34. The number of pyridine rings is 1. The molecule has 0 atom stereocenters. The molecule has 1 aromatic heterocycles. The molecule has 10 heteroatoms. The number of halogens is 1. The fraction of sp³-hybridized carbons (Fsp3) is 0.238. The fourth-order valence-electron chi connectivity index (χ4n) is 2.79. The van der Waals surface area contributed by atoms with Crippen LogP contribution in [0, 0.1) is 15.9 Å². The highest BCUT2D eigenvalue weighted by Crippen LogP contribution is 2.38. The first-order valence-corrected chi connectivity index (χ1v) is 9.21. The second-order valence-electron chi connectivity index (χ2n) is 6.33. The van der Waals surface area contributed by atoms with Gasteiger partial charge in [-0.25, -0.2) is 4.39 Å². The lowest BCUT2D eigenvalue weighted by Gasteiger charge is -2.14. The van der Waals surface area contributed by atoms with Gasteiger partial charge in [-0.05, 0) is 24.6 Å². The monoisotopic (exact) mass is 430 g/mol. The van der Waals surface area contributed by atoms with Gasteiger partial charge in [-0.3, -0.25) is 19.9 Å². The summed E-state index contributed by atoms with van der Waals surface area (Å²) in [6, 6.07) is 7.96. The number of non-ortho nitro benzene ring substituents is 1. The van der Waals surface area contributed by atoms with Gasteiger partial charge in [-0.2, -0.15) is 0 Å². The molecule has 1 heterocycles. The van der Waals surface area contributed by atoms with Gasteiger partial charge in [0.25, 0.3) is 5.69 Å². The smallest absolute Gasteiger partial charge is 0.305 e. The molecule has 2 aromatic carbocycles. The predicted octanol–water partition coefficient (Wildman–Crippen LogP) is 4.42. The lowest BCUT2D eigenvalue weighted by atomic mass is 10.1. The summed E-state index contributed by atoms with van der Waals surface area (Å²) in [7, 11) is 2.79. The number of ether oxygens (including phenoxy) is 4. The molecular formula is C21H19FN2O7. The lowest BCUT2D eigenvalue weighted by Crippen LogP contribution is -2.05. The second-order valence-corrected chi connectivity index (χ2v) is 6.33. The zero-order valence-electron chi connectivity index (χ0n) is 16.8. The molecule has 0 bridgehead atoms. The van der Waals surface area contributed by atoms with Gasteiger partial charge < -0.3 is 18.9 Å². The molecule has 3 aromatic rings.